The number of nitrogens with one attached hydrogen (secondary N) is 1. The van der Waals surface area contributed by atoms with Gasteiger partial charge in [-0.15, -0.1) is 0 Å². The summed E-state index contributed by atoms with van der Waals surface area (Å²) in [5, 5.41) is 14.2. The summed E-state index contributed by atoms with van der Waals surface area (Å²) < 4.78 is 5.78. The molecule has 0 saturated carbocycles. The van der Waals surface area contributed by atoms with E-state index in [1.807, 2.05) is 0 Å². The van der Waals surface area contributed by atoms with Gasteiger partial charge >= 0.3 is 0 Å². The SMILES string of the molecule is O=C(Nc1ccccc1-c1nc2cc(Cl)ccc2o1)c1cccc([N+](=O)[O-])c1. The van der Waals surface area contributed by atoms with Gasteiger partial charge in [0.2, 0.25) is 5.89 Å². The number of benzene rings is 3. The topological polar surface area (TPSA) is 98.3 Å². The lowest BCUT2D eigenvalue weighted by molar-refractivity contribution is -0.384. The van der Waals surface area contributed by atoms with Crippen LogP contribution in [0.1, 0.15) is 10.4 Å². The van der Waals surface area contributed by atoms with E-state index in [1.54, 1.807) is 42.5 Å². The molecule has 138 valence electrons. The van der Waals surface area contributed by atoms with Crippen LogP contribution in [0, 0.1) is 10.1 Å². The zero-order valence-corrected chi connectivity index (χ0v) is 15.0. The molecule has 0 aliphatic rings. The fraction of sp³-hybridized carbons (Fsp3) is 0. The Balaban J connectivity index is 1.68. The van der Waals surface area contributed by atoms with E-state index in [1.165, 1.54) is 24.3 Å². The molecule has 1 aromatic heterocycles. The van der Waals surface area contributed by atoms with E-state index in [-0.39, 0.29) is 11.3 Å². The van der Waals surface area contributed by atoms with Crippen LogP contribution in [0.25, 0.3) is 22.6 Å². The van der Waals surface area contributed by atoms with Gasteiger partial charge in [-0.05, 0) is 36.4 Å². The molecule has 0 aliphatic heterocycles. The highest BCUT2D eigenvalue weighted by Crippen LogP contribution is 2.31. The number of halogens is 1. The molecule has 28 heavy (non-hydrogen) atoms. The molecule has 1 heterocycles. The Hall–Kier alpha value is -3.71. The average molecular weight is 394 g/mol. The summed E-state index contributed by atoms with van der Waals surface area (Å²) in [5.41, 5.74) is 2.23. The number of anilines is 1. The second-order valence-corrected chi connectivity index (χ2v) is 6.37. The fourth-order valence-electron chi connectivity index (χ4n) is 2.75. The highest BCUT2D eigenvalue weighted by molar-refractivity contribution is 6.31. The molecule has 0 unspecified atom stereocenters. The maximum absolute atomic E-state index is 12.6. The smallest absolute Gasteiger partial charge is 0.270 e. The number of non-ortho nitro benzene ring substituents is 1. The molecular weight excluding hydrogens is 382 g/mol. The first-order chi connectivity index (χ1) is 13.5. The number of hydrogen-bond donors (Lipinski definition) is 1. The van der Waals surface area contributed by atoms with Gasteiger partial charge < -0.3 is 9.73 Å². The number of rotatable bonds is 4. The van der Waals surface area contributed by atoms with Crippen molar-refractivity contribution in [3.8, 4) is 11.5 Å². The molecule has 7 nitrogen and oxygen atoms in total. The summed E-state index contributed by atoms with van der Waals surface area (Å²) >= 11 is 5.99. The molecule has 0 aliphatic carbocycles. The number of carbonyl (C=O) groups excluding carboxylic acids is 1. The molecule has 0 bridgehead atoms. The predicted octanol–water partition coefficient (Wildman–Crippen LogP) is 5.31. The van der Waals surface area contributed by atoms with Crippen molar-refractivity contribution in [2.75, 3.05) is 5.32 Å². The highest BCUT2D eigenvalue weighted by Gasteiger charge is 2.16. The lowest BCUT2D eigenvalue weighted by atomic mass is 10.1. The summed E-state index contributed by atoms with van der Waals surface area (Å²) in [6.07, 6.45) is 0. The molecule has 0 saturated heterocycles. The second-order valence-electron chi connectivity index (χ2n) is 5.94. The van der Waals surface area contributed by atoms with Gasteiger partial charge in [0.1, 0.15) is 5.52 Å². The van der Waals surface area contributed by atoms with E-state index >= 15 is 0 Å². The van der Waals surface area contributed by atoms with Crippen molar-refractivity contribution in [2.24, 2.45) is 0 Å². The molecule has 0 spiro atoms. The highest BCUT2D eigenvalue weighted by atomic mass is 35.5. The Kier molecular flexibility index (Phi) is 4.50. The molecule has 0 radical (unpaired) electrons. The third kappa shape index (κ3) is 3.43. The van der Waals surface area contributed by atoms with Crippen molar-refractivity contribution in [1.82, 2.24) is 4.98 Å². The Morgan fingerprint density at radius 3 is 2.71 bits per heavy atom. The number of amides is 1. The van der Waals surface area contributed by atoms with Crippen LogP contribution in [-0.2, 0) is 0 Å². The van der Waals surface area contributed by atoms with Crippen LogP contribution in [0.3, 0.4) is 0 Å². The molecule has 4 rings (SSSR count). The van der Waals surface area contributed by atoms with Crippen molar-refractivity contribution in [3.05, 3.63) is 87.4 Å². The zero-order valence-electron chi connectivity index (χ0n) is 14.3. The van der Waals surface area contributed by atoms with Crippen molar-refractivity contribution in [1.29, 1.82) is 0 Å². The van der Waals surface area contributed by atoms with Crippen LogP contribution in [0.2, 0.25) is 5.02 Å². The van der Waals surface area contributed by atoms with E-state index in [2.05, 4.69) is 10.3 Å². The summed E-state index contributed by atoms with van der Waals surface area (Å²) in [6.45, 7) is 0. The van der Waals surface area contributed by atoms with Gasteiger partial charge in [0.15, 0.2) is 5.58 Å². The maximum atomic E-state index is 12.6. The van der Waals surface area contributed by atoms with E-state index in [0.29, 0.717) is 33.3 Å². The zero-order chi connectivity index (χ0) is 19.7. The predicted molar refractivity (Wildman–Crippen MR) is 106 cm³/mol. The minimum atomic E-state index is -0.547. The van der Waals surface area contributed by atoms with Gasteiger partial charge in [0, 0.05) is 22.7 Å². The molecular formula is C20H12ClN3O4. The lowest BCUT2D eigenvalue weighted by Crippen LogP contribution is -2.12. The Morgan fingerprint density at radius 1 is 1.07 bits per heavy atom. The first-order valence-corrected chi connectivity index (χ1v) is 8.60. The van der Waals surface area contributed by atoms with Gasteiger partial charge in [-0.2, -0.15) is 0 Å². The number of aromatic nitrogens is 1. The van der Waals surface area contributed by atoms with E-state index < -0.39 is 10.8 Å². The van der Waals surface area contributed by atoms with E-state index in [9.17, 15) is 14.9 Å². The Morgan fingerprint density at radius 2 is 1.89 bits per heavy atom. The third-order valence-corrected chi connectivity index (χ3v) is 4.31. The minimum absolute atomic E-state index is 0.156. The van der Waals surface area contributed by atoms with Crippen molar-refractivity contribution >= 4 is 40.0 Å². The molecule has 0 atom stereocenters. The molecule has 1 N–H and O–H groups in total. The number of nitrogens with zero attached hydrogens (tertiary/aromatic N) is 2. The Labute approximate surface area is 163 Å². The van der Waals surface area contributed by atoms with Crippen molar-refractivity contribution < 1.29 is 14.1 Å². The summed E-state index contributed by atoms with van der Waals surface area (Å²) in [7, 11) is 0. The standard InChI is InChI=1S/C20H12ClN3O4/c21-13-8-9-18-17(11-13)23-20(28-18)15-6-1-2-7-16(15)22-19(25)12-4-3-5-14(10-12)24(26)27/h1-11H,(H,22,25). The maximum Gasteiger partial charge on any atom is 0.270 e. The third-order valence-electron chi connectivity index (χ3n) is 4.07. The van der Waals surface area contributed by atoms with Crippen LogP contribution < -0.4 is 5.32 Å². The van der Waals surface area contributed by atoms with Crippen LogP contribution in [-0.4, -0.2) is 15.8 Å². The second kappa shape index (κ2) is 7.13. The van der Waals surface area contributed by atoms with Crippen LogP contribution in [0.15, 0.2) is 71.1 Å². The van der Waals surface area contributed by atoms with Gasteiger partial charge in [0.25, 0.3) is 11.6 Å². The van der Waals surface area contributed by atoms with Crippen molar-refractivity contribution in [2.45, 2.75) is 0 Å². The first kappa shape index (κ1) is 17.7. The molecule has 4 aromatic rings. The van der Waals surface area contributed by atoms with Gasteiger partial charge in [-0.3, -0.25) is 14.9 Å². The minimum Gasteiger partial charge on any atom is -0.436 e. The molecule has 3 aromatic carbocycles. The Bertz CT molecular complexity index is 1220. The summed E-state index contributed by atoms with van der Waals surface area (Å²) in [4.78, 5) is 27.4. The van der Waals surface area contributed by atoms with Crippen LogP contribution in [0.4, 0.5) is 11.4 Å². The normalized spacial score (nSPS) is 10.8. The first-order valence-electron chi connectivity index (χ1n) is 8.22. The van der Waals surface area contributed by atoms with Crippen molar-refractivity contribution in [3.63, 3.8) is 0 Å². The summed E-state index contributed by atoms with van der Waals surface area (Å²) in [6, 6.07) is 17.6. The van der Waals surface area contributed by atoms with Gasteiger partial charge in [0.05, 0.1) is 16.2 Å². The van der Waals surface area contributed by atoms with Crippen LogP contribution >= 0.6 is 11.6 Å². The van der Waals surface area contributed by atoms with E-state index in [4.69, 9.17) is 16.0 Å². The number of fused-ring (bicyclic) bond motifs is 1. The number of para-hydroxylation sites is 1. The molecule has 0 fully saturated rings. The van der Waals surface area contributed by atoms with Gasteiger partial charge in [-0.25, -0.2) is 4.98 Å². The average Bonchev–Trinajstić information content (AvgIpc) is 3.11. The largest absolute Gasteiger partial charge is 0.436 e. The fourth-order valence-corrected chi connectivity index (χ4v) is 2.92. The quantitative estimate of drug-likeness (QED) is 0.374. The van der Waals surface area contributed by atoms with Crippen LogP contribution in [0.5, 0.6) is 0 Å². The number of nitro benzene ring substituents is 1. The number of oxazole rings is 1. The van der Waals surface area contributed by atoms with Gasteiger partial charge in [-0.1, -0.05) is 29.8 Å². The number of hydrogen-bond acceptors (Lipinski definition) is 5. The van der Waals surface area contributed by atoms with E-state index in [0.717, 1.165) is 0 Å². The lowest BCUT2D eigenvalue weighted by Gasteiger charge is -2.08. The number of carbonyl (C=O) groups is 1. The monoisotopic (exact) mass is 393 g/mol. The molecule has 8 heteroatoms. The molecule has 1 amide bonds. The number of nitro groups is 1. The summed E-state index contributed by atoms with van der Waals surface area (Å²) in [5.74, 6) is -0.150.